The molecule has 148 valence electrons. The molecule has 1 aliphatic carbocycles. The van der Waals surface area contributed by atoms with Crippen LogP contribution in [0.3, 0.4) is 0 Å². The lowest BCUT2D eigenvalue weighted by atomic mass is 9.82. The molecule has 3 heterocycles. The molecule has 27 heavy (non-hydrogen) atoms. The standard InChI is InChI=1S/C20H26O7/c1-9-6-13-16(10(2)17(22)24-13)14(25-18(23)20(5)11(3)26-20)8-19(4)15(27-19)7-12(9)21/h6,11-16,21H,2,7-8H2,1,3-5H3/b9-6-/t11-,12-,13+,14+,15+,16-,19+,20-/m0/s1. The van der Waals surface area contributed by atoms with Gasteiger partial charge in [-0.3, -0.25) is 0 Å². The van der Waals surface area contributed by atoms with Crippen LogP contribution in [0.1, 0.15) is 40.5 Å². The Bertz CT molecular complexity index is 743. The highest BCUT2D eigenvalue weighted by molar-refractivity contribution is 5.91. The SMILES string of the molecule is C=C1C(=O)O[C@@H]2/C=C(/C)[C@@H](O)C[C@H]3O[C@]3(C)C[C@@H](OC(=O)[C@@]3(C)O[C@H]3C)[C@@H]12. The van der Waals surface area contributed by atoms with Crippen molar-refractivity contribution >= 4 is 11.9 Å². The number of carbonyl (C=O) groups excluding carboxylic acids is 2. The van der Waals surface area contributed by atoms with E-state index in [9.17, 15) is 14.7 Å². The van der Waals surface area contributed by atoms with E-state index in [0.717, 1.165) is 0 Å². The third-order valence-electron chi connectivity index (χ3n) is 6.50. The monoisotopic (exact) mass is 378 g/mol. The van der Waals surface area contributed by atoms with Crippen molar-refractivity contribution in [2.45, 2.75) is 82.3 Å². The van der Waals surface area contributed by atoms with Gasteiger partial charge < -0.3 is 24.1 Å². The number of esters is 2. The fourth-order valence-electron chi connectivity index (χ4n) is 4.15. The second kappa shape index (κ2) is 5.90. The summed E-state index contributed by atoms with van der Waals surface area (Å²) in [5.41, 5.74) is -0.518. The maximum Gasteiger partial charge on any atom is 0.341 e. The second-order valence-electron chi connectivity index (χ2n) is 8.52. The molecule has 0 saturated carbocycles. The van der Waals surface area contributed by atoms with Gasteiger partial charge in [0, 0.05) is 18.4 Å². The third-order valence-corrected chi connectivity index (χ3v) is 6.50. The number of carbonyl (C=O) groups is 2. The first-order valence-corrected chi connectivity index (χ1v) is 9.38. The molecule has 0 bridgehead atoms. The van der Waals surface area contributed by atoms with Crippen molar-refractivity contribution < 1.29 is 33.6 Å². The average molecular weight is 378 g/mol. The van der Waals surface area contributed by atoms with Gasteiger partial charge in [-0.2, -0.15) is 0 Å². The Kier molecular flexibility index (Phi) is 4.07. The van der Waals surface area contributed by atoms with Gasteiger partial charge in [-0.15, -0.1) is 0 Å². The van der Waals surface area contributed by atoms with Gasteiger partial charge in [-0.05, 0) is 39.3 Å². The minimum absolute atomic E-state index is 0.133. The average Bonchev–Trinajstić information content (AvgIpc) is 3.37. The number of ether oxygens (including phenoxy) is 4. The van der Waals surface area contributed by atoms with Crippen molar-refractivity contribution in [3.05, 3.63) is 23.8 Å². The second-order valence-corrected chi connectivity index (χ2v) is 8.52. The number of rotatable bonds is 2. The topological polar surface area (TPSA) is 97.9 Å². The van der Waals surface area contributed by atoms with Crippen molar-refractivity contribution in [1.82, 2.24) is 0 Å². The molecule has 0 aromatic heterocycles. The van der Waals surface area contributed by atoms with Gasteiger partial charge in [0.05, 0.1) is 29.8 Å². The molecule has 0 aromatic carbocycles. The van der Waals surface area contributed by atoms with Crippen molar-refractivity contribution in [2.24, 2.45) is 5.92 Å². The molecule has 3 saturated heterocycles. The lowest BCUT2D eigenvalue weighted by Gasteiger charge is -2.29. The van der Waals surface area contributed by atoms with E-state index in [-0.39, 0.29) is 17.8 Å². The van der Waals surface area contributed by atoms with Gasteiger partial charge in [-0.1, -0.05) is 6.58 Å². The zero-order valence-corrected chi connectivity index (χ0v) is 16.1. The summed E-state index contributed by atoms with van der Waals surface area (Å²) in [4.78, 5) is 24.9. The molecule has 3 aliphatic heterocycles. The van der Waals surface area contributed by atoms with E-state index in [2.05, 4.69) is 6.58 Å². The van der Waals surface area contributed by atoms with Crippen LogP contribution in [0.5, 0.6) is 0 Å². The molecule has 0 spiro atoms. The van der Waals surface area contributed by atoms with Crippen LogP contribution in [0.15, 0.2) is 23.8 Å². The molecule has 0 amide bonds. The summed E-state index contributed by atoms with van der Waals surface area (Å²) >= 11 is 0. The van der Waals surface area contributed by atoms with Gasteiger partial charge in [0.2, 0.25) is 0 Å². The van der Waals surface area contributed by atoms with E-state index in [1.165, 1.54) is 0 Å². The Balaban J connectivity index is 1.67. The summed E-state index contributed by atoms with van der Waals surface area (Å²) in [6, 6.07) is 0. The molecule has 4 aliphatic rings. The Hall–Kier alpha value is -1.70. The summed E-state index contributed by atoms with van der Waals surface area (Å²) in [6.45, 7) is 11.1. The molecule has 0 aromatic rings. The number of hydrogen-bond donors (Lipinski definition) is 1. The van der Waals surface area contributed by atoms with Crippen LogP contribution in [0.4, 0.5) is 0 Å². The summed E-state index contributed by atoms with van der Waals surface area (Å²) < 4.78 is 22.5. The lowest BCUT2D eigenvalue weighted by Crippen LogP contribution is -2.40. The van der Waals surface area contributed by atoms with Crippen LogP contribution in [0.2, 0.25) is 0 Å². The normalized spacial score (nSPS) is 50.6. The summed E-state index contributed by atoms with van der Waals surface area (Å²) in [5, 5.41) is 10.4. The Morgan fingerprint density at radius 1 is 1.37 bits per heavy atom. The predicted molar refractivity (Wildman–Crippen MR) is 93.6 cm³/mol. The van der Waals surface area contributed by atoms with Crippen LogP contribution in [-0.4, -0.2) is 58.8 Å². The van der Waals surface area contributed by atoms with E-state index in [1.54, 1.807) is 19.9 Å². The highest BCUT2D eigenvalue weighted by atomic mass is 16.7. The number of hydrogen-bond acceptors (Lipinski definition) is 7. The first-order valence-electron chi connectivity index (χ1n) is 9.38. The van der Waals surface area contributed by atoms with Gasteiger partial charge >= 0.3 is 11.9 Å². The van der Waals surface area contributed by atoms with Gasteiger partial charge in [0.15, 0.2) is 5.60 Å². The highest BCUT2D eigenvalue weighted by Gasteiger charge is 2.61. The lowest BCUT2D eigenvalue weighted by molar-refractivity contribution is -0.159. The molecule has 7 heteroatoms. The number of fused-ring (bicyclic) bond motifs is 2. The molecule has 0 radical (unpaired) electrons. The van der Waals surface area contributed by atoms with E-state index in [4.69, 9.17) is 18.9 Å². The third kappa shape index (κ3) is 3.02. The van der Waals surface area contributed by atoms with Crippen LogP contribution in [0, 0.1) is 5.92 Å². The Morgan fingerprint density at radius 3 is 2.67 bits per heavy atom. The zero-order chi connectivity index (χ0) is 19.7. The Labute approximate surface area is 158 Å². The van der Waals surface area contributed by atoms with E-state index in [1.807, 2.05) is 13.8 Å². The quantitative estimate of drug-likeness (QED) is 0.336. The molecule has 0 unspecified atom stereocenters. The fourth-order valence-corrected chi connectivity index (χ4v) is 4.15. The van der Waals surface area contributed by atoms with Crippen LogP contribution < -0.4 is 0 Å². The molecule has 3 fully saturated rings. The summed E-state index contributed by atoms with van der Waals surface area (Å²) in [7, 11) is 0. The molecule has 4 rings (SSSR count). The largest absolute Gasteiger partial charge is 0.459 e. The molecule has 8 atom stereocenters. The van der Waals surface area contributed by atoms with Gasteiger partial charge in [0.1, 0.15) is 12.2 Å². The van der Waals surface area contributed by atoms with Gasteiger partial charge in [0.25, 0.3) is 0 Å². The van der Waals surface area contributed by atoms with Gasteiger partial charge in [-0.25, -0.2) is 9.59 Å². The zero-order valence-electron chi connectivity index (χ0n) is 16.1. The van der Waals surface area contributed by atoms with E-state index in [0.29, 0.717) is 18.4 Å². The van der Waals surface area contributed by atoms with Crippen molar-refractivity contribution in [3.8, 4) is 0 Å². The van der Waals surface area contributed by atoms with Crippen LogP contribution in [0.25, 0.3) is 0 Å². The maximum atomic E-state index is 12.7. The molecular formula is C20H26O7. The van der Waals surface area contributed by atoms with Crippen molar-refractivity contribution in [1.29, 1.82) is 0 Å². The summed E-state index contributed by atoms with van der Waals surface area (Å²) in [5.74, 6) is -1.49. The fraction of sp³-hybridized carbons (Fsp3) is 0.700. The Morgan fingerprint density at radius 2 is 2.04 bits per heavy atom. The number of aliphatic hydroxyl groups is 1. The number of epoxide rings is 2. The minimum atomic E-state index is -0.956. The first kappa shape index (κ1) is 18.7. The maximum absolute atomic E-state index is 12.7. The number of aliphatic hydroxyl groups excluding tert-OH is 1. The smallest absolute Gasteiger partial charge is 0.341 e. The van der Waals surface area contributed by atoms with Crippen LogP contribution in [-0.2, 0) is 28.5 Å². The summed E-state index contributed by atoms with van der Waals surface area (Å²) in [6.07, 6.45) is 0.284. The van der Waals surface area contributed by atoms with Crippen LogP contribution >= 0.6 is 0 Å². The molecule has 1 N–H and O–H groups in total. The predicted octanol–water partition coefficient (Wildman–Crippen LogP) is 1.43. The molecular weight excluding hydrogens is 352 g/mol. The first-order chi connectivity index (χ1) is 12.5. The molecule has 7 nitrogen and oxygen atoms in total. The van der Waals surface area contributed by atoms with E-state index >= 15 is 0 Å². The van der Waals surface area contributed by atoms with Crippen molar-refractivity contribution in [2.75, 3.05) is 0 Å². The minimum Gasteiger partial charge on any atom is -0.459 e. The van der Waals surface area contributed by atoms with E-state index < -0.39 is 47.4 Å². The highest BCUT2D eigenvalue weighted by Crippen LogP contribution is 2.48. The van der Waals surface area contributed by atoms with Crippen molar-refractivity contribution in [3.63, 3.8) is 0 Å².